The minimum absolute atomic E-state index is 0.111. The molecule has 9 heteroatoms. The number of aryl methyl sites for hydroxylation is 1. The highest BCUT2D eigenvalue weighted by molar-refractivity contribution is 7.81. The first-order chi connectivity index (χ1) is 18.2. The van der Waals surface area contributed by atoms with Gasteiger partial charge < -0.3 is 19.8 Å². The summed E-state index contributed by atoms with van der Waals surface area (Å²) in [7, 11) is 0.855. The van der Waals surface area contributed by atoms with Gasteiger partial charge in [0.25, 0.3) is 0 Å². The third-order valence-corrected chi connectivity index (χ3v) is 8.10. The van der Waals surface area contributed by atoms with Crippen LogP contribution in [0.5, 0.6) is 5.75 Å². The van der Waals surface area contributed by atoms with Gasteiger partial charge in [0.1, 0.15) is 5.75 Å². The Morgan fingerprint density at radius 2 is 2.05 bits per heavy atom. The molecule has 0 spiro atoms. The molecule has 3 rings (SSSR count). The number of benzene rings is 2. The van der Waals surface area contributed by atoms with Crippen LogP contribution in [0, 0.1) is 0 Å². The molecule has 1 heterocycles. The van der Waals surface area contributed by atoms with E-state index in [1.807, 2.05) is 25.3 Å². The zero-order valence-electron chi connectivity index (χ0n) is 22.4. The number of carboxylic acids is 1. The number of nitrogens with zero attached hydrogens (tertiary/aromatic N) is 2. The molecule has 208 valence electrons. The average Bonchev–Trinajstić information content (AvgIpc) is 3.06. The summed E-state index contributed by atoms with van der Waals surface area (Å²) in [5, 5.41) is 20.2. The van der Waals surface area contributed by atoms with Crippen LogP contribution in [0.15, 0.2) is 48.6 Å². The summed E-state index contributed by atoms with van der Waals surface area (Å²) in [6, 6.07) is 11.2. The molecule has 0 bridgehead atoms. The second-order valence-electron chi connectivity index (χ2n) is 9.72. The number of ether oxygens (including phenoxy) is 1. The Labute approximate surface area is 233 Å². The summed E-state index contributed by atoms with van der Waals surface area (Å²) >= 11 is 6.31. The minimum atomic E-state index is -1.59. The largest absolute Gasteiger partial charge is 0.491 e. The molecule has 0 amide bonds. The molecule has 0 fully saturated rings. The zero-order valence-corrected chi connectivity index (χ0v) is 24.0. The molecule has 2 aromatic carbocycles. The molecule has 3 atom stereocenters. The highest BCUT2D eigenvalue weighted by Gasteiger charge is 2.27. The molecule has 1 aliphatic rings. The van der Waals surface area contributed by atoms with Gasteiger partial charge in [-0.05, 0) is 66.6 Å². The standard InChI is InChI=1S/C29H39ClN2O5S/c1-4-10-21-17-24(30)12-13-25(21)23-19-32(16-9-7-5-6-8-15-31(2)38(3)36)26-18-22(28(33)29(34)35)11-14-27(26)37-20-23/h6,8,11-14,17-18,23,28,33H,4-5,7,9-10,15-16,19-20H2,1-3H3,(H,34,35)/b8-6+. The number of hydrogen-bond acceptors (Lipinski definition) is 5. The van der Waals surface area contributed by atoms with E-state index in [1.54, 1.807) is 28.8 Å². The summed E-state index contributed by atoms with van der Waals surface area (Å²) in [6.45, 7) is 4.78. The lowest BCUT2D eigenvalue weighted by Crippen LogP contribution is -2.30. The van der Waals surface area contributed by atoms with Crippen molar-refractivity contribution in [1.29, 1.82) is 0 Å². The molecule has 2 N–H and O–H groups in total. The number of rotatable bonds is 13. The molecule has 2 aromatic rings. The van der Waals surface area contributed by atoms with Crippen molar-refractivity contribution >= 4 is 34.2 Å². The number of allylic oxidation sites excluding steroid dienone is 1. The van der Waals surface area contributed by atoms with Gasteiger partial charge in [0.2, 0.25) is 0 Å². The second-order valence-corrected chi connectivity index (χ2v) is 11.6. The fourth-order valence-corrected chi connectivity index (χ4v) is 5.18. The molecule has 0 radical (unpaired) electrons. The first kappa shape index (κ1) is 30.2. The van der Waals surface area contributed by atoms with Gasteiger partial charge >= 0.3 is 5.97 Å². The zero-order chi connectivity index (χ0) is 27.7. The maximum atomic E-state index is 11.5. The maximum Gasteiger partial charge on any atom is 0.337 e. The number of halogens is 1. The average molecular weight is 563 g/mol. The van der Waals surface area contributed by atoms with Crippen LogP contribution in [0.1, 0.15) is 61.3 Å². The Morgan fingerprint density at radius 1 is 1.26 bits per heavy atom. The van der Waals surface area contributed by atoms with Gasteiger partial charge in [-0.1, -0.05) is 49.2 Å². The predicted octanol–water partition coefficient (Wildman–Crippen LogP) is 5.34. The SMILES string of the molecule is CCCc1cc(Cl)ccc1C1COc2ccc(C(O)C(=O)O)cc2N(CCCC/C=C/CN(C)S(C)=O)C1. The van der Waals surface area contributed by atoms with E-state index in [-0.39, 0.29) is 5.92 Å². The van der Waals surface area contributed by atoms with E-state index in [0.717, 1.165) is 49.4 Å². The minimum Gasteiger partial charge on any atom is -0.491 e. The van der Waals surface area contributed by atoms with E-state index in [4.69, 9.17) is 16.3 Å². The fraction of sp³-hybridized carbons (Fsp3) is 0.483. The molecule has 3 unspecified atom stereocenters. The summed E-state index contributed by atoms with van der Waals surface area (Å²) in [5.41, 5.74) is 3.59. The van der Waals surface area contributed by atoms with Crippen molar-refractivity contribution in [2.75, 3.05) is 44.4 Å². The number of aliphatic carboxylic acids is 1. The van der Waals surface area contributed by atoms with Crippen LogP contribution >= 0.6 is 11.6 Å². The number of hydrogen-bond donors (Lipinski definition) is 2. The molecule has 0 saturated carbocycles. The van der Waals surface area contributed by atoms with Crippen LogP contribution in [0.4, 0.5) is 5.69 Å². The number of aliphatic hydroxyl groups is 1. The third-order valence-electron chi connectivity index (χ3n) is 6.84. The molecular formula is C29H39ClN2O5S. The van der Waals surface area contributed by atoms with E-state index in [9.17, 15) is 19.2 Å². The molecule has 1 aliphatic heterocycles. The van der Waals surface area contributed by atoms with E-state index < -0.39 is 23.1 Å². The molecule has 0 aliphatic carbocycles. The molecule has 0 saturated heterocycles. The Hall–Kier alpha value is -2.39. The van der Waals surface area contributed by atoms with Gasteiger partial charge in [0.15, 0.2) is 6.10 Å². The van der Waals surface area contributed by atoms with E-state index >= 15 is 0 Å². The van der Waals surface area contributed by atoms with Crippen molar-refractivity contribution in [2.24, 2.45) is 0 Å². The fourth-order valence-electron chi connectivity index (χ4n) is 4.69. The number of unbranched alkanes of at least 4 members (excludes halogenated alkanes) is 2. The smallest absolute Gasteiger partial charge is 0.337 e. The Bertz CT molecular complexity index is 1140. The number of fused-ring (bicyclic) bond motifs is 1. The van der Waals surface area contributed by atoms with Crippen molar-refractivity contribution in [3.8, 4) is 5.75 Å². The van der Waals surface area contributed by atoms with Crippen molar-refractivity contribution < 1.29 is 24.0 Å². The van der Waals surface area contributed by atoms with Gasteiger partial charge in [0, 0.05) is 43.9 Å². The lowest BCUT2D eigenvalue weighted by atomic mass is 9.92. The van der Waals surface area contributed by atoms with Crippen LogP contribution in [-0.2, 0) is 22.2 Å². The number of likely N-dealkylation sites (N-methyl/N-ethyl adjacent to an activating group) is 1. The van der Waals surface area contributed by atoms with Crippen LogP contribution in [0.25, 0.3) is 0 Å². The van der Waals surface area contributed by atoms with E-state index in [1.165, 1.54) is 11.1 Å². The van der Waals surface area contributed by atoms with Gasteiger partial charge in [-0.25, -0.2) is 13.3 Å². The van der Waals surface area contributed by atoms with Crippen LogP contribution in [-0.4, -0.2) is 64.2 Å². The second kappa shape index (κ2) is 14.7. The number of anilines is 1. The van der Waals surface area contributed by atoms with Gasteiger partial charge in [-0.15, -0.1) is 0 Å². The van der Waals surface area contributed by atoms with Crippen LogP contribution < -0.4 is 9.64 Å². The summed E-state index contributed by atoms with van der Waals surface area (Å²) in [4.78, 5) is 13.7. The lowest BCUT2D eigenvalue weighted by Gasteiger charge is -2.28. The Balaban J connectivity index is 1.79. The lowest BCUT2D eigenvalue weighted by molar-refractivity contribution is -0.146. The highest BCUT2D eigenvalue weighted by Crippen LogP contribution is 2.38. The maximum absolute atomic E-state index is 11.5. The van der Waals surface area contributed by atoms with Crippen LogP contribution in [0.3, 0.4) is 0 Å². The molecule has 0 aromatic heterocycles. The Kier molecular flexibility index (Phi) is 11.6. The summed E-state index contributed by atoms with van der Waals surface area (Å²) in [5.74, 6) is -0.478. The molecule has 38 heavy (non-hydrogen) atoms. The Morgan fingerprint density at radius 3 is 2.76 bits per heavy atom. The summed E-state index contributed by atoms with van der Waals surface area (Å²) < 4.78 is 19.5. The van der Waals surface area contributed by atoms with Gasteiger partial charge in [0.05, 0.1) is 23.3 Å². The number of carboxylic acid groups (broad SMARTS) is 1. The highest BCUT2D eigenvalue weighted by atomic mass is 35.5. The van der Waals surface area contributed by atoms with Crippen molar-refractivity contribution in [3.05, 3.63) is 70.3 Å². The number of aliphatic hydroxyl groups excluding tert-OH is 1. The quantitative estimate of drug-likeness (QED) is 0.253. The monoisotopic (exact) mass is 562 g/mol. The predicted molar refractivity (Wildman–Crippen MR) is 155 cm³/mol. The topological polar surface area (TPSA) is 90.3 Å². The molecule has 7 nitrogen and oxygen atoms in total. The number of carbonyl (C=O) groups is 1. The van der Waals surface area contributed by atoms with Crippen molar-refractivity contribution in [3.63, 3.8) is 0 Å². The molecular weight excluding hydrogens is 524 g/mol. The first-order valence-corrected chi connectivity index (χ1v) is 15.0. The van der Waals surface area contributed by atoms with E-state index in [2.05, 4.69) is 24.0 Å². The third kappa shape index (κ3) is 8.30. The van der Waals surface area contributed by atoms with Gasteiger partial charge in [-0.2, -0.15) is 0 Å². The first-order valence-electron chi connectivity index (χ1n) is 13.1. The van der Waals surface area contributed by atoms with Gasteiger partial charge in [-0.3, -0.25) is 0 Å². The van der Waals surface area contributed by atoms with Crippen molar-refractivity contribution in [2.45, 2.75) is 51.0 Å². The van der Waals surface area contributed by atoms with E-state index in [0.29, 0.717) is 31.0 Å². The van der Waals surface area contributed by atoms with Crippen molar-refractivity contribution in [1.82, 2.24) is 4.31 Å². The normalized spacial score (nSPS) is 17.2. The van der Waals surface area contributed by atoms with Crippen LogP contribution in [0.2, 0.25) is 5.02 Å². The summed E-state index contributed by atoms with van der Waals surface area (Å²) in [6.07, 6.45) is 9.02.